The van der Waals surface area contributed by atoms with Gasteiger partial charge in [0.2, 0.25) is 5.91 Å². The molecule has 3 rings (SSSR count). The number of anilines is 1. The van der Waals surface area contributed by atoms with Crippen molar-refractivity contribution in [1.82, 2.24) is 14.3 Å². The molecule has 0 fully saturated rings. The summed E-state index contributed by atoms with van der Waals surface area (Å²) < 4.78 is 7.82. The van der Waals surface area contributed by atoms with E-state index in [1.54, 1.807) is 20.0 Å². The van der Waals surface area contributed by atoms with Crippen LogP contribution >= 0.6 is 0 Å². The quantitative estimate of drug-likeness (QED) is 0.786. The summed E-state index contributed by atoms with van der Waals surface area (Å²) in [5.41, 5.74) is 1.27. The molecule has 0 unspecified atom stereocenters. The van der Waals surface area contributed by atoms with E-state index < -0.39 is 0 Å². The van der Waals surface area contributed by atoms with Crippen LogP contribution in [-0.2, 0) is 18.4 Å². The van der Waals surface area contributed by atoms with Crippen molar-refractivity contribution in [1.29, 1.82) is 0 Å². The number of benzene rings is 1. The summed E-state index contributed by atoms with van der Waals surface area (Å²) in [5.74, 6) is 0.611. The van der Waals surface area contributed by atoms with Gasteiger partial charge in [0.25, 0.3) is 0 Å². The number of amides is 1. The molecule has 108 valence electrons. The first-order valence-electron chi connectivity index (χ1n) is 6.43. The van der Waals surface area contributed by atoms with E-state index in [1.807, 2.05) is 24.3 Å². The molecule has 1 N–H and O–H groups in total. The zero-order valence-corrected chi connectivity index (χ0v) is 11.7. The van der Waals surface area contributed by atoms with Crippen molar-refractivity contribution in [2.45, 2.75) is 13.5 Å². The number of aromatic nitrogens is 3. The number of nitrogens with zero attached hydrogens (tertiary/aromatic N) is 3. The van der Waals surface area contributed by atoms with Gasteiger partial charge in [0, 0.05) is 13.1 Å². The van der Waals surface area contributed by atoms with Crippen molar-refractivity contribution < 1.29 is 9.32 Å². The maximum Gasteiger partial charge on any atom is 0.329 e. The first-order chi connectivity index (χ1) is 10.1. The minimum atomic E-state index is -0.332. The van der Waals surface area contributed by atoms with Gasteiger partial charge in [0.05, 0.1) is 11.0 Å². The van der Waals surface area contributed by atoms with E-state index in [1.165, 1.54) is 9.13 Å². The Labute approximate surface area is 119 Å². The van der Waals surface area contributed by atoms with Crippen LogP contribution in [0.5, 0.6) is 0 Å². The van der Waals surface area contributed by atoms with E-state index in [0.29, 0.717) is 11.6 Å². The van der Waals surface area contributed by atoms with Crippen LogP contribution < -0.4 is 11.0 Å². The van der Waals surface area contributed by atoms with Crippen LogP contribution in [0.15, 0.2) is 39.6 Å². The second kappa shape index (κ2) is 4.93. The molecule has 0 aliphatic heterocycles. The molecule has 0 saturated carbocycles. The van der Waals surface area contributed by atoms with E-state index in [2.05, 4.69) is 10.5 Å². The second-order valence-electron chi connectivity index (χ2n) is 4.79. The maximum absolute atomic E-state index is 12.2. The van der Waals surface area contributed by atoms with Crippen molar-refractivity contribution in [2.24, 2.45) is 7.05 Å². The zero-order chi connectivity index (χ0) is 15.0. The molecule has 0 aliphatic rings. The van der Waals surface area contributed by atoms with Gasteiger partial charge in [-0.25, -0.2) is 4.79 Å². The van der Waals surface area contributed by atoms with Crippen molar-refractivity contribution in [3.63, 3.8) is 0 Å². The van der Waals surface area contributed by atoms with Crippen LogP contribution in [-0.4, -0.2) is 20.2 Å². The molecular weight excluding hydrogens is 272 g/mol. The smallest absolute Gasteiger partial charge is 0.329 e. The molecule has 3 aromatic rings. The highest BCUT2D eigenvalue weighted by Gasteiger charge is 2.14. The van der Waals surface area contributed by atoms with Gasteiger partial charge in [-0.1, -0.05) is 17.3 Å². The summed E-state index contributed by atoms with van der Waals surface area (Å²) in [5, 5.41) is 6.29. The van der Waals surface area contributed by atoms with E-state index >= 15 is 0 Å². The lowest BCUT2D eigenvalue weighted by Gasteiger charge is -2.03. The number of imidazole rings is 1. The number of carbonyl (C=O) groups excluding carboxylic acids is 1. The molecule has 2 aromatic heterocycles. The standard InChI is InChI=1S/C14H14N4O3/c1-9-7-12(16-21-9)15-13(19)8-18-11-6-4-3-5-10(11)17(2)14(18)20/h3-7H,8H2,1-2H3,(H,15,16,19). The van der Waals surface area contributed by atoms with Gasteiger partial charge < -0.3 is 9.84 Å². The Kier molecular flexibility index (Phi) is 3.09. The molecule has 0 spiro atoms. The predicted octanol–water partition coefficient (Wildman–Crippen LogP) is 1.28. The Hall–Kier alpha value is -2.83. The SMILES string of the molecule is Cc1cc(NC(=O)Cn2c(=O)n(C)c3ccccc32)no1. The highest BCUT2D eigenvalue weighted by atomic mass is 16.5. The number of nitrogens with one attached hydrogen (secondary N) is 1. The lowest BCUT2D eigenvalue weighted by molar-refractivity contribution is -0.116. The Balaban J connectivity index is 1.90. The lowest BCUT2D eigenvalue weighted by Crippen LogP contribution is -2.28. The number of hydrogen-bond acceptors (Lipinski definition) is 4. The Bertz CT molecular complexity index is 872. The lowest BCUT2D eigenvalue weighted by atomic mass is 10.3. The molecule has 7 nitrogen and oxygen atoms in total. The highest BCUT2D eigenvalue weighted by molar-refractivity contribution is 5.90. The first kappa shape index (κ1) is 13.2. The second-order valence-corrected chi connectivity index (χ2v) is 4.79. The van der Waals surface area contributed by atoms with Crippen LogP contribution in [0.3, 0.4) is 0 Å². The van der Waals surface area contributed by atoms with E-state index in [0.717, 1.165) is 11.0 Å². The molecule has 0 saturated heterocycles. The van der Waals surface area contributed by atoms with Crippen LogP contribution in [0.2, 0.25) is 0 Å². The van der Waals surface area contributed by atoms with Crippen molar-refractivity contribution in [3.05, 3.63) is 46.6 Å². The van der Waals surface area contributed by atoms with Gasteiger partial charge in [-0.05, 0) is 19.1 Å². The predicted molar refractivity (Wildman–Crippen MR) is 77.0 cm³/mol. The fourth-order valence-corrected chi connectivity index (χ4v) is 2.27. The van der Waals surface area contributed by atoms with Crippen molar-refractivity contribution >= 4 is 22.8 Å². The molecular formula is C14H14N4O3. The molecule has 7 heteroatoms. The molecule has 21 heavy (non-hydrogen) atoms. The highest BCUT2D eigenvalue weighted by Crippen LogP contribution is 2.12. The molecule has 0 aliphatic carbocycles. The average molecular weight is 286 g/mol. The third-order valence-corrected chi connectivity index (χ3v) is 3.25. The number of fused-ring (bicyclic) bond motifs is 1. The summed E-state index contributed by atoms with van der Waals surface area (Å²) in [7, 11) is 1.68. The molecule has 1 amide bonds. The summed E-state index contributed by atoms with van der Waals surface area (Å²) in [6, 6.07) is 8.95. The molecule has 2 heterocycles. The van der Waals surface area contributed by atoms with Gasteiger partial charge >= 0.3 is 5.69 Å². The summed E-state index contributed by atoms with van der Waals surface area (Å²) in [6.07, 6.45) is 0. The van der Waals surface area contributed by atoms with Gasteiger partial charge in [0.1, 0.15) is 12.3 Å². The topological polar surface area (TPSA) is 82.1 Å². The number of aryl methyl sites for hydroxylation is 2. The van der Waals surface area contributed by atoms with Crippen molar-refractivity contribution in [2.75, 3.05) is 5.32 Å². The Morgan fingerprint density at radius 1 is 1.33 bits per heavy atom. The van der Waals surface area contributed by atoms with E-state index in [9.17, 15) is 9.59 Å². The molecule has 0 atom stereocenters. The fourth-order valence-electron chi connectivity index (χ4n) is 2.27. The largest absolute Gasteiger partial charge is 0.360 e. The van der Waals surface area contributed by atoms with E-state index in [-0.39, 0.29) is 18.1 Å². The number of para-hydroxylation sites is 2. The third-order valence-electron chi connectivity index (χ3n) is 3.25. The van der Waals surface area contributed by atoms with Crippen LogP contribution in [0, 0.1) is 6.92 Å². The molecule has 1 aromatic carbocycles. The Morgan fingerprint density at radius 3 is 2.71 bits per heavy atom. The Morgan fingerprint density at radius 2 is 2.05 bits per heavy atom. The normalized spacial score (nSPS) is 11.0. The average Bonchev–Trinajstić information content (AvgIpc) is 2.97. The number of carbonyl (C=O) groups is 1. The summed E-state index contributed by atoms with van der Waals surface area (Å²) in [4.78, 5) is 24.2. The summed E-state index contributed by atoms with van der Waals surface area (Å²) >= 11 is 0. The van der Waals surface area contributed by atoms with Crippen LogP contribution in [0.1, 0.15) is 5.76 Å². The monoisotopic (exact) mass is 286 g/mol. The molecule has 0 bridgehead atoms. The summed E-state index contributed by atoms with van der Waals surface area (Å²) in [6.45, 7) is 1.66. The third kappa shape index (κ3) is 2.33. The van der Waals surface area contributed by atoms with Crippen LogP contribution in [0.25, 0.3) is 11.0 Å². The minimum absolute atomic E-state index is 0.0773. The van der Waals surface area contributed by atoms with E-state index in [4.69, 9.17) is 4.52 Å². The van der Waals surface area contributed by atoms with Gasteiger partial charge in [-0.3, -0.25) is 13.9 Å². The van der Waals surface area contributed by atoms with Crippen LogP contribution in [0.4, 0.5) is 5.82 Å². The fraction of sp³-hybridized carbons (Fsp3) is 0.214. The number of rotatable bonds is 3. The molecule has 0 radical (unpaired) electrons. The number of hydrogen-bond donors (Lipinski definition) is 1. The maximum atomic E-state index is 12.2. The van der Waals surface area contributed by atoms with Gasteiger partial charge in [-0.2, -0.15) is 0 Å². The first-order valence-corrected chi connectivity index (χ1v) is 6.43. The minimum Gasteiger partial charge on any atom is -0.360 e. The van der Waals surface area contributed by atoms with Crippen molar-refractivity contribution in [3.8, 4) is 0 Å². The van der Waals surface area contributed by atoms with Gasteiger partial charge in [0.15, 0.2) is 5.82 Å². The van der Waals surface area contributed by atoms with Gasteiger partial charge in [-0.15, -0.1) is 0 Å². The zero-order valence-electron chi connectivity index (χ0n) is 11.7.